The maximum Gasteiger partial charge on any atom is 0.185 e. The minimum Gasteiger partial charge on any atom is -0.406 e. The Hall–Kier alpha value is -1.53. The summed E-state index contributed by atoms with van der Waals surface area (Å²) in [5.41, 5.74) is -0.511. The molecule has 0 N–H and O–H groups in total. The number of hydrogen-bond donors (Lipinski definition) is 0. The van der Waals surface area contributed by atoms with Crippen molar-refractivity contribution in [3.8, 4) is 0 Å². The van der Waals surface area contributed by atoms with Gasteiger partial charge in [-0.1, -0.05) is 6.07 Å². The standard InChI is InChI=1S/C15H20F2N2OSi/c1-15(20-21(2,3)4,10-19-8-7-18-11-19)13-6-5-12(16)9-14(13)17/h5-9,11H,10H2,1-4H3. The molecule has 1 unspecified atom stereocenters. The van der Waals surface area contributed by atoms with Crippen molar-refractivity contribution in [2.75, 3.05) is 0 Å². The Kier molecular flexibility index (Phi) is 4.29. The summed E-state index contributed by atoms with van der Waals surface area (Å²) in [6.07, 6.45) is 5.12. The molecule has 1 heterocycles. The lowest BCUT2D eigenvalue weighted by Crippen LogP contribution is -2.42. The Bertz CT molecular complexity index is 611. The lowest BCUT2D eigenvalue weighted by Gasteiger charge is -2.37. The molecule has 0 fully saturated rings. The van der Waals surface area contributed by atoms with E-state index in [-0.39, 0.29) is 0 Å². The zero-order valence-electron chi connectivity index (χ0n) is 12.7. The summed E-state index contributed by atoms with van der Waals surface area (Å²) >= 11 is 0. The van der Waals surface area contributed by atoms with Crippen molar-refractivity contribution in [3.63, 3.8) is 0 Å². The quantitative estimate of drug-likeness (QED) is 0.783. The summed E-state index contributed by atoms with van der Waals surface area (Å²) in [6, 6.07) is 3.62. The minimum atomic E-state index is -1.94. The van der Waals surface area contributed by atoms with Gasteiger partial charge in [0, 0.05) is 24.0 Å². The summed E-state index contributed by atoms with van der Waals surface area (Å²) in [5.74, 6) is -1.18. The Morgan fingerprint density at radius 1 is 1.29 bits per heavy atom. The van der Waals surface area contributed by atoms with Gasteiger partial charge in [-0.25, -0.2) is 13.8 Å². The molecule has 0 aliphatic carbocycles. The van der Waals surface area contributed by atoms with E-state index >= 15 is 0 Å². The zero-order chi connectivity index (χ0) is 15.7. The maximum absolute atomic E-state index is 14.2. The average molecular weight is 310 g/mol. The van der Waals surface area contributed by atoms with Gasteiger partial charge in [-0.15, -0.1) is 0 Å². The minimum absolute atomic E-state index is 0.361. The van der Waals surface area contributed by atoms with E-state index < -0.39 is 25.6 Å². The van der Waals surface area contributed by atoms with Gasteiger partial charge in [-0.3, -0.25) is 0 Å². The highest BCUT2D eigenvalue weighted by Gasteiger charge is 2.36. The van der Waals surface area contributed by atoms with Crippen molar-refractivity contribution in [1.29, 1.82) is 0 Å². The van der Waals surface area contributed by atoms with Crippen molar-refractivity contribution in [2.45, 2.75) is 38.7 Å². The number of benzene rings is 1. The fourth-order valence-electron chi connectivity index (χ4n) is 2.50. The first kappa shape index (κ1) is 15.8. The van der Waals surface area contributed by atoms with Crippen LogP contribution in [0.2, 0.25) is 19.6 Å². The molecule has 114 valence electrons. The average Bonchev–Trinajstić information content (AvgIpc) is 2.78. The Balaban J connectivity index is 2.44. The summed E-state index contributed by atoms with van der Waals surface area (Å²) in [7, 11) is -1.94. The van der Waals surface area contributed by atoms with Gasteiger partial charge in [0.05, 0.1) is 18.5 Å². The number of rotatable bonds is 5. The molecule has 0 amide bonds. The van der Waals surface area contributed by atoms with E-state index in [1.807, 2.05) is 31.1 Å². The van der Waals surface area contributed by atoms with Crippen LogP contribution in [0.5, 0.6) is 0 Å². The smallest absolute Gasteiger partial charge is 0.185 e. The zero-order valence-corrected chi connectivity index (χ0v) is 13.7. The summed E-state index contributed by atoms with van der Waals surface area (Å²) < 4.78 is 35.5. The van der Waals surface area contributed by atoms with E-state index in [0.717, 1.165) is 6.07 Å². The maximum atomic E-state index is 14.2. The monoisotopic (exact) mass is 310 g/mol. The topological polar surface area (TPSA) is 27.1 Å². The molecule has 0 bridgehead atoms. The van der Waals surface area contributed by atoms with Crippen LogP contribution < -0.4 is 0 Å². The predicted molar refractivity (Wildman–Crippen MR) is 80.4 cm³/mol. The number of hydrogen-bond acceptors (Lipinski definition) is 2. The van der Waals surface area contributed by atoms with E-state index in [0.29, 0.717) is 12.1 Å². The van der Waals surface area contributed by atoms with E-state index in [4.69, 9.17) is 4.43 Å². The highest BCUT2D eigenvalue weighted by molar-refractivity contribution is 6.69. The van der Waals surface area contributed by atoms with E-state index in [1.165, 1.54) is 12.1 Å². The third-order valence-electron chi connectivity index (χ3n) is 3.08. The number of nitrogens with zero attached hydrogens (tertiary/aromatic N) is 2. The largest absolute Gasteiger partial charge is 0.406 e. The molecule has 2 aromatic rings. The van der Waals surface area contributed by atoms with Crippen molar-refractivity contribution >= 4 is 8.32 Å². The van der Waals surface area contributed by atoms with Crippen LogP contribution in [0.4, 0.5) is 8.78 Å². The molecule has 21 heavy (non-hydrogen) atoms. The van der Waals surface area contributed by atoms with Crippen LogP contribution in [0.25, 0.3) is 0 Å². The van der Waals surface area contributed by atoms with Crippen molar-refractivity contribution in [3.05, 3.63) is 54.1 Å². The molecule has 1 aromatic heterocycles. The molecule has 2 rings (SSSR count). The number of halogens is 2. The highest BCUT2D eigenvalue weighted by Crippen LogP contribution is 2.33. The fraction of sp³-hybridized carbons (Fsp3) is 0.400. The van der Waals surface area contributed by atoms with Crippen LogP contribution in [0.15, 0.2) is 36.9 Å². The first-order chi connectivity index (χ1) is 9.70. The first-order valence-corrected chi connectivity index (χ1v) is 10.2. The van der Waals surface area contributed by atoms with E-state index in [2.05, 4.69) is 4.98 Å². The van der Waals surface area contributed by atoms with Crippen molar-refractivity contribution in [1.82, 2.24) is 9.55 Å². The van der Waals surface area contributed by atoms with Crippen LogP contribution in [0.1, 0.15) is 12.5 Å². The molecule has 0 radical (unpaired) electrons. The van der Waals surface area contributed by atoms with E-state index in [1.54, 1.807) is 18.7 Å². The molecular formula is C15H20F2N2OSi. The Labute approximate surface area is 124 Å². The van der Waals surface area contributed by atoms with Gasteiger partial charge in [0.25, 0.3) is 0 Å². The van der Waals surface area contributed by atoms with Crippen molar-refractivity contribution in [2.24, 2.45) is 0 Å². The van der Waals surface area contributed by atoms with Crippen LogP contribution in [-0.2, 0) is 16.6 Å². The van der Waals surface area contributed by atoms with Crippen molar-refractivity contribution < 1.29 is 13.2 Å². The molecule has 6 heteroatoms. The molecule has 1 atom stereocenters. The molecule has 1 aromatic carbocycles. The molecule has 0 saturated carbocycles. The molecule has 0 saturated heterocycles. The predicted octanol–water partition coefficient (Wildman–Crippen LogP) is 3.93. The van der Waals surface area contributed by atoms with Gasteiger partial charge in [0.15, 0.2) is 8.32 Å². The van der Waals surface area contributed by atoms with Gasteiger partial charge in [0.1, 0.15) is 11.6 Å². The second-order valence-corrected chi connectivity index (χ2v) is 10.7. The van der Waals surface area contributed by atoms with Gasteiger partial charge < -0.3 is 8.99 Å². The lowest BCUT2D eigenvalue weighted by atomic mass is 9.95. The molecule has 0 aliphatic heterocycles. The third kappa shape index (κ3) is 3.98. The first-order valence-electron chi connectivity index (χ1n) is 6.81. The number of imidazole rings is 1. The lowest BCUT2D eigenvalue weighted by molar-refractivity contribution is 0.0548. The van der Waals surface area contributed by atoms with Crippen LogP contribution in [0, 0.1) is 11.6 Å². The Morgan fingerprint density at radius 2 is 2.00 bits per heavy atom. The number of aromatic nitrogens is 2. The Morgan fingerprint density at radius 3 is 2.52 bits per heavy atom. The van der Waals surface area contributed by atoms with Crippen LogP contribution in [-0.4, -0.2) is 17.9 Å². The third-order valence-corrected chi connectivity index (χ3v) is 4.14. The van der Waals surface area contributed by atoms with Gasteiger partial charge in [0.2, 0.25) is 0 Å². The summed E-state index contributed by atoms with van der Waals surface area (Å²) in [5, 5.41) is 0. The van der Waals surface area contributed by atoms with Gasteiger partial charge in [-0.2, -0.15) is 0 Å². The normalized spacial score (nSPS) is 15.0. The second kappa shape index (κ2) is 5.69. The molecule has 3 nitrogen and oxygen atoms in total. The summed E-state index contributed by atoms with van der Waals surface area (Å²) in [4.78, 5) is 4.00. The SMILES string of the molecule is CC(Cn1ccnc1)(O[Si](C)(C)C)c1ccc(F)cc1F. The van der Waals surface area contributed by atoms with Gasteiger partial charge in [-0.05, 0) is 32.6 Å². The molecular weight excluding hydrogens is 290 g/mol. The van der Waals surface area contributed by atoms with E-state index in [9.17, 15) is 8.78 Å². The van der Waals surface area contributed by atoms with Crippen LogP contribution in [0.3, 0.4) is 0 Å². The molecule has 0 spiro atoms. The van der Waals surface area contributed by atoms with Gasteiger partial charge >= 0.3 is 0 Å². The highest BCUT2D eigenvalue weighted by atomic mass is 28.4. The second-order valence-electron chi connectivity index (χ2n) is 6.30. The van der Waals surface area contributed by atoms with Crippen LogP contribution >= 0.6 is 0 Å². The molecule has 0 aliphatic rings. The summed E-state index contributed by atoms with van der Waals surface area (Å²) in [6.45, 7) is 8.38. The fourth-order valence-corrected chi connectivity index (χ4v) is 4.02.